The fraction of sp³-hybridized carbons (Fsp3) is 0.625. The Morgan fingerprint density at radius 3 is 3.05 bits per heavy atom. The van der Waals surface area contributed by atoms with Crippen molar-refractivity contribution in [1.29, 1.82) is 0 Å². The van der Waals surface area contributed by atoms with E-state index in [1.807, 2.05) is 31.2 Å². The molecule has 0 aliphatic carbocycles. The fourth-order valence-electron chi connectivity index (χ4n) is 3.10. The molecule has 20 heavy (non-hydrogen) atoms. The Bertz CT molecular complexity index is 451. The summed E-state index contributed by atoms with van der Waals surface area (Å²) in [5.74, 6) is 0.812. The SMILES string of the molecule is Cc1cccc(OCC(O)CNC2CC3CCC2O3)c1. The van der Waals surface area contributed by atoms with Gasteiger partial charge in [0, 0.05) is 12.6 Å². The lowest BCUT2D eigenvalue weighted by Gasteiger charge is -2.22. The Morgan fingerprint density at radius 1 is 1.45 bits per heavy atom. The van der Waals surface area contributed by atoms with Gasteiger partial charge < -0.3 is 19.9 Å². The van der Waals surface area contributed by atoms with Crippen molar-refractivity contribution in [3.63, 3.8) is 0 Å². The van der Waals surface area contributed by atoms with E-state index < -0.39 is 6.10 Å². The van der Waals surface area contributed by atoms with Crippen molar-refractivity contribution in [2.45, 2.75) is 50.5 Å². The highest BCUT2D eigenvalue weighted by molar-refractivity contribution is 5.27. The summed E-state index contributed by atoms with van der Waals surface area (Å²) in [7, 11) is 0. The van der Waals surface area contributed by atoms with Crippen LogP contribution in [0, 0.1) is 6.92 Å². The number of hydrogen-bond acceptors (Lipinski definition) is 4. The van der Waals surface area contributed by atoms with E-state index in [1.54, 1.807) is 0 Å². The maximum absolute atomic E-state index is 9.98. The summed E-state index contributed by atoms with van der Waals surface area (Å²) in [6.45, 7) is 2.90. The maximum atomic E-state index is 9.98. The van der Waals surface area contributed by atoms with Gasteiger partial charge in [-0.05, 0) is 43.9 Å². The van der Waals surface area contributed by atoms with Gasteiger partial charge in [-0.25, -0.2) is 0 Å². The van der Waals surface area contributed by atoms with Crippen molar-refractivity contribution in [2.24, 2.45) is 0 Å². The van der Waals surface area contributed by atoms with Gasteiger partial charge in [0.2, 0.25) is 0 Å². The van der Waals surface area contributed by atoms with Crippen LogP contribution in [0.4, 0.5) is 0 Å². The first-order valence-electron chi connectivity index (χ1n) is 7.47. The second kappa shape index (κ2) is 6.12. The van der Waals surface area contributed by atoms with Crippen molar-refractivity contribution in [1.82, 2.24) is 5.32 Å². The lowest BCUT2D eigenvalue weighted by Crippen LogP contribution is -2.42. The highest BCUT2D eigenvalue weighted by atomic mass is 16.5. The van der Waals surface area contributed by atoms with Crippen molar-refractivity contribution in [3.05, 3.63) is 29.8 Å². The minimum atomic E-state index is -0.491. The normalized spacial score (nSPS) is 29.6. The molecule has 2 N–H and O–H groups in total. The van der Waals surface area contributed by atoms with Crippen LogP contribution in [-0.4, -0.2) is 42.6 Å². The fourth-order valence-corrected chi connectivity index (χ4v) is 3.10. The smallest absolute Gasteiger partial charge is 0.119 e. The highest BCUT2D eigenvalue weighted by Crippen LogP contribution is 2.34. The second-order valence-electron chi connectivity index (χ2n) is 5.91. The molecular formula is C16H23NO3. The molecule has 2 saturated heterocycles. The average Bonchev–Trinajstić information content (AvgIpc) is 3.05. The zero-order valence-corrected chi connectivity index (χ0v) is 11.9. The van der Waals surface area contributed by atoms with Crippen LogP contribution in [0.15, 0.2) is 24.3 Å². The molecule has 1 aromatic rings. The van der Waals surface area contributed by atoms with E-state index in [4.69, 9.17) is 9.47 Å². The predicted molar refractivity (Wildman–Crippen MR) is 77.0 cm³/mol. The lowest BCUT2D eigenvalue weighted by molar-refractivity contribution is 0.0853. The molecule has 0 aromatic heterocycles. The molecule has 2 bridgehead atoms. The van der Waals surface area contributed by atoms with Gasteiger partial charge in [-0.1, -0.05) is 12.1 Å². The van der Waals surface area contributed by atoms with Crippen molar-refractivity contribution in [2.75, 3.05) is 13.2 Å². The Balaban J connectivity index is 1.38. The van der Waals surface area contributed by atoms with E-state index in [-0.39, 0.29) is 0 Å². The summed E-state index contributed by atoms with van der Waals surface area (Å²) < 4.78 is 11.4. The van der Waals surface area contributed by atoms with E-state index in [0.717, 1.165) is 24.2 Å². The number of aliphatic hydroxyl groups is 1. The summed E-state index contributed by atoms with van der Waals surface area (Å²) in [5.41, 5.74) is 1.16. The largest absolute Gasteiger partial charge is 0.491 e. The Labute approximate surface area is 120 Å². The number of nitrogens with one attached hydrogen (secondary N) is 1. The van der Waals surface area contributed by atoms with Crippen LogP contribution >= 0.6 is 0 Å². The zero-order valence-electron chi connectivity index (χ0n) is 11.9. The van der Waals surface area contributed by atoms with Crippen molar-refractivity contribution < 1.29 is 14.6 Å². The van der Waals surface area contributed by atoms with Crippen molar-refractivity contribution >= 4 is 0 Å². The third kappa shape index (κ3) is 3.32. The summed E-state index contributed by atoms with van der Waals surface area (Å²) in [6, 6.07) is 8.28. The monoisotopic (exact) mass is 277 g/mol. The van der Waals surface area contributed by atoms with Gasteiger partial charge in [-0.3, -0.25) is 0 Å². The van der Waals surface area contributed by atoms with Gasteiger partial charge in [0.15, 0.2) is 0 Å². The van der Waals surface area contributed by atoms with Gasteiger partial charge in [-0.2, -0.15) is 0 Å². The molecule has 0 radical (unpaired) electrons. The molecule has 0 amide bonds. The van der Waals surface area contributed by atoms with Crippen LogP contribution in [0.3, 0.4) is 0 Å². The van der Waals surface area contributed by atoms with Crippen LogP contribution in [-0.2, 0) is 4.74 Å². The molecule has 2 fully saturated rings. The first-order chi connectivity index (χ1) is 9.70. The standard InChI is InChI=1S/C16H23NO3/c1-11-3-2-4-13(7-11)19-10-12(18)9-17-15-8-14-5-6-16(15)20-14/h2-4,7,12,14-18H,5-6,8-10H2,1H3. The van der Waals surface area contributed by atoms with E-state index in [2.05, 4.69) is 5.32 Å². The quantitative estimate of drug-likeness (QED) is 0.830. The molecule has 0 spiro atoms. The molecule has 4 atom stereocenters. The predicted octanol–water partition coefficient (Wildman–Crippen LogP) is 1.64. The molecule has 0 saturated carbocycles. The van der Waals surface area contributed by atoms with Crippen LogP contribution in [0.2, 0.25) is 0 Å². The molecule has 1 aromatic carbocycles. The lowest BCUT2D eigenvalue weighted by atomic mass is 9.95. The van der Waals surface area contributed by atoms with E-state index >= 15 is 0 Å². The van der Waals surface area contributed by atoms with E-state index in [9.17, 15) is 5.11 Å². The number of fused-ring (bicyclic) bond motifs is 2. The van der Waals surface area contributed by atoms with Gasteiger partial charge in [0.1, 0.15) is 18.5 Å². The van der Waals surface area contributed by atoms with Crippen LogP contribution in [0.1, 0.15) is 24.8 Å². The Hall–Kier alpha value is -1.10. The molecule has 2 aliphatic rings. The van der Waals surface area contributed by atoms with Crippen LogP contribution in [0.5, 0.6) is 5.75 Å². The van der Waals surface area contributed by atoms with Gasteiger partial charge in [0.05, 0.1) is 12.2 Å². The number of rotatable bonds is 6. The van der Waals surface area contributed by atoms with Gasteiger partial charge >= 0.3 is 0 Å². The molecule has 2 heterocycles. The second-order valence-corrected chi connectivity index (χ2v) is 5.91. The number of hydrogen-bond donors (Lipinski definition) is 2. The molecule has 4 nitrogen and oxygen atoms in total. The third-order valence-electron chi connectivity index (χ3n) is 4.15. The molecular weight excluding hydrogens is 254 g/mol. The summed E-state index contributed by atoms with van der Waals surface area (Å²) in [4.78, 5) is 0. The molecule has 110 valence electrons. The zero-order chi connectivity index (χ0) is 13.9. The number of benzene rings is 1. The average molecular weight is 277 g/mol. The minimum absolute atomic E-state index is 0.318. The summed E-state index contributed by atoms with van der Waals surface area (Å²) in [6.07, 6.45) is 3.73. The Kier molecular flexibility index (Phi) is 4.24. The summed E-state index contributed by atoms with van der Waals surface area (Å²) in [5, 5.41) is 13.4. The van der Waals surface area contributed by atoms with Crippen molar-refractivity contribution in [3.8, 4) is 5.75 Å². The van der Waals surface area contributed by atoms with E-state index in [0.29, 0.717) is 31.4 Å². The van der Waals surface area contributed by atoms with Crippen LogP contribution < -0.4 is 10.1 Å². The van der Waals surface area contributed by atoms with Gasteiger partial charge in [0.25, 0.3) is 0 Å². The summed E-state index contributed by atoms with van der Waals surface area (Å²) >= 11 is 0. The number of aliphatic hydroxyl groups excluding tert-OH is 1. The third-order valence-corrected chi connectivity index (χ3v) is 4.15. The maximum Gasteiger partial charge on any atom is 0.119 e. The molecule has 3 rings (SSSR count). The molecule has 4 heteroatoms. The number of ether oxygens (including phenoxy) is 2. The first kappa shape index (κ1) is 13.9. The molecule has 4 unspecified atom stereocenters. The number of aryl methyl sites for hydroxylation is 1. The Morgan fingerprint density at radius 2 is 2.35 bits per heavy atom. The van der Waals surface area contributed by atoms with E-state index in [1.165, 1.54) is 6.42 Å². The first-order valence-corrected chi connectivity index (χ1v) is 7.47. The van der Waals surface area contributed by atoms with Crippen LogP contribution in [0.25, 0.3) is 0 Å². The topological polar surface area (TPSA) is 50.7 Å². The van der Waals surface area contributed by atoms with Gasteiger partial charge in [-0.15, -0.1) is 0 Å². The molecule has 2 aliphatic heterocycles. The minimum Gasteiger partial charge on any atom is -0.491 e. The highest BCUT2D eigenvalue weighted by Gasteiger charge is 2.40.